The number of nitrogens with zero attached hydrogens (tertiary/aromatic N) is 2. The van der Waals surface area contributed by atoms with Crippen molar-refractivity contribution in [3.63, 3.8) is 0 Å². The standard InChI is InChI=1S/C11H15ClN2O/c1-2-14(9-3-4-9)11-10(12)5-8(7-15)6-13-11/h5-6,9,15H,2-4,7H2,1H3. The van der Waals surface area contributed by atoms with E-state index in [0.717, 1.165) is 17.9 Å². The van der Waals surface area contributed by atoms with Crippen LogP contribution < -0.4 is 4.90 Å². The van der Waals surface area contributed by atoms with Crippen LogP contribution in [0.3, 0.4) is 0 Å². The van der Waals surface area contributed by atoms with Crippen molar-refractivity contribution in [2.75, 3.05) is 11.4 Å². The van der Waals surface area contributed by atoms with Crippen molar-refractivity contribution in [2.24, 2.45) is 0 Å². The molecule has 1 aliphatic carbocycles. The van der Waals surface area contributed by atoms with Gasteiger partial charge in [0, 0.05) is 18.8 Å². The van der Waals surface area contributed by atoms with Crippen LogP contribution in [0.4, 0.5) is 5.82 Å². The summed E-state index contributed by atoms with van der Waals surface area (Å²) >= 11 is 6.14. The van der Waals surface area contributed by atoms with Crippen LogP contribution >= 0.6 is 11.6 Å². The van der Waals surface area contributed by atoms with Crippen LogP contribution in [0.2, 0.25) is 5.02 Å². The smallest absolute Gasteiger partial charge is 0.147 e. The Kier molecular flexibility index (Phi) is 3.12. The average Bonchev–Trinajstić information content (AvgIpc) is 3.05. The molecule has 1 saturated carbocycles. The molecular formula is C11H15ClN2O. The van der Waals surface area contributed by atoms with Gasteiger partial charge in [-0.15, -0.1) is 0 Å². The van der Waals surface area contributed by atoms with E-state index in [1.165, 1.54) is 12.8 Å². The van der Waals surface area contributed by atoms with E-state index in [-0.39, 0.29) is 6.61 Å². The van der Waals surface area contributed by atoms with Crippen LogP contribution in [0.5, 0.6) is 0 Å². The van der Waals surface area contributed by atoms with Crippen LogP contribution in [0, 0.1) is 0 Å². The number of hydrogen-bond acceptors (Lipinski definition) is 3. The monoisotopic (exact) mass is 226 g/mol. The summed E-state index contributed by atoms with van der Waals surface area (Å²) in [5.41, 5.74) is 0.760. The summed E-state index contributed by atoms with van der Waals surface area (Å²) in [5.74, 6) is 0.846. The molecule has 1 heterocycles. The second-order valence-corrected chi connectivity index (χ2v) is 4.23. The maximum absolute atomic E-state index is 8.96. The van der Waals surface area contributed by atoms with Crippen molar-refractivity contribution >= 4 is 17.4 Å². The summed E-state index contributed by atoms with van der Waals surface area (Å²) < 4.78 is 0. The number of halogens is 1. The molecule has 0 atom stereocenters. The zero-order valence-electron chi connectivity index (χ0n) is 8.78. The average molecular weight is 227 g/mol. The lowest BCUT2D eigenvalue weighted by molar-refractivity contribution is 0.281. The van der Waals surface area contributed by atoms with E-state index in [2.05, 4.69) is 16.8 Å². The predicted molar refractivity (Wildman–Crippen MR) is 61.2 cm³/mol. The van der Waals surface area contributed by atoms with Gasteiger partial charge in [-0.05, 0) is 31.4 Å². The lowest BCUT2D eigenvalue weighted by Crippen LogP contribution is -2.26. The molecule has 0 aromatic carbocycles. The molecule has 1 aromatic rings. The minimum absolute atomic E-state index is 0.0114. The SMILES string of the molecule is CCN(c1ncc(CO)cc1Cl)C1CC1. The van der Waals surface area contributed by atoms with Gasteiger partial charge in [0.25, 0.3) is 0 Å². The first-order valence-corrected chi connectivity index (χ1v) is 5.66. The Balaban J connectivity index is 2.26. The Morgan fingerprint density at radius 2 is 2.33 bits per heavy atom. The van der Waals surface area contributed by atoms with Crippen LogP contribution in [-0.4, -0.2) is 22.7 Å². The summed E-state index contributed by atoms with van der Waals surface area (Å²) in [6.45, 7) is 3.02. The van der Waals surface area contributed by atoms with E-state index in [1.54, 1.807) is 12.3 Å². The number of aliphatic hydroxyl groups excluding tert-OH is 1. The molecule has 1 aromatic heterocycles. The third-order valence-corrected chi connectivity index (χ3v) is 2.94. The molecule has 3 nitrogen and oxygen atoms in total. The molecule has 0 spiro atoms. The molecule has 2 rings (SSSR count). The maximum atomic E-state index is 8.96. The molecule has 1 aliphatic rings. The molecule has 15 heavy (non-hydrogen) atoms. The Bertz CT molecular complexity index is 352. The third kappa shape index (κ3) is 2.24. The van der Waals surface area contributed by atoms with E-state index in [1.807, 2.05) is 0 Å². The van der Waals surface area contributed by atoms with Crippen LogP contribution in [0.15, 0.2) is 12.3 Å². The number of aromatic nitrogens is 1. The third-order valence-electron chi connectivity index (χ3n) is 2.66. The Morgan fingerprint density at radius 1 is 1.60 bits per heavy atom. The summed E-state index contributed by atoms with van der Waals surface area (Å²) in [7, 11) is 0. The van der Waals surface area contributed by atoms with Crippen LogP contribution in [0.1, 0.15) is 25.3 Å². The van der Waals surface area contributed by atoms with Crippen molar-refractivity contribution in [3.8, 4) is 0 Å². The molecule has 0 unspecified atom stereocenters. The lowest BCUT2D eigenvalue weighted by Gasteiger charge is -2.22. The van der Waals surface area contributed by atoms with E-state index in [9.17, 15) is 0 Å². The first kappa shape index (κ1) is 10.7. The fraction of sp³-hybridized carbons (Fsp3) is 0.545. The van der Waals surface area contributed by atoms with Crippen molar-refractivity contribution < 1.29 is 5.11 Å². The number of rotatable bonds is 4. The molecule has 82 valence electrons. The van der Waals surface area contributed by atoms with Gasteiger partial charge in [0.05, 0.1) is 11.6 Å². The van der Waals surface area contributed by atoms with Gasteiger partial charge in [0.1, 0.15) is 5.82 Å². The Hall–Kier alpha value is -0.800. The number of pyridine rings is 1. The van der Waals surface area contributed by atoms with Crippen LogP contribution in [-0.2, 0) is 6.61 Å². The summed E-state index contributed by atoms with van der Waals surface area (Å²) in [6, 6.07) is 2.40. The second-order valence-electron chi connectivity index (χ2n) is 3.82. The van der Waals surface area contributed by atoms with Crippen molar-refractivity contribution in [1.82, 2.24) is 4.98 Å². The van der Waals surface area contributed by atoms with E-state index >= 15 is 0 Å². The highest BCUT2D eigenvalue weighted by Gasteiger charge is 2.29. The normalized spacial score (nSPS) is 15.4. The van der Waals surface area contributed by atoms with Gasteiger partial charge < -0.3 is 10.0 Å². The highest BCUT2D eigenvalue weighted by atomic mass is 35.5. The molecule has 0 bridgehead atoms. The second kappa shape index (κ2) is 4.37. The van der Waals surface area contributed by atoms with Gasteiger partial charge in [-0.2, -0.15) is 0 Å². The van der Waals surface area contributed by atoms with Crippen molar-refractivity contribution in [3.05, 3.63) is 22.8 Å². The highest BCUT2D eigenvalue weighted by Crippen LogP contribution is 2.34. The van der Waals surface area contributed by atoms with Gasteiger partial charge in [-0.1, -0.05) is 11.6 Å². The Morgan fingerprint density at radius 3 is 2.80 bits per heavy atom. The summed E-state index contributed by atoms with van der Waals surface area (Å²) in [5, 5.41) is 9.59. The molecule has 1 N–H and O–H groups in total. The Labute approximate surface area is 94.7 Å². The van der Waals surface area contributed by atoms with Crippen molar-refractivity contribution in [2.45, 2.75) is 32.4 Å². The topological polar surface area (TPSA) is 36.4 Å². The first-order valence-electron chi connectivity index (χ1n) is 5.28. The van der Waals surface area contributed by atoms with Gasteiger partial charge in [0.15, 0.2) is 0 Å². The molecule has 0 amide bonds. The number of aliphatic hydroxyl groups is 1. The zero-order valence-corrected chi connectivity index (χ0v) is 9.54. The molecular weight excluding hydrogens is 212 g/mol. The highest BCUT2D eigenvalue weighted by molar-refractivity contribution is 6.33. The molecule has 0 saturated heterocycles. The quantitative estimate of drug-likeness (QED) is 0.855. The molecule has 1 fully saturated rings. The summed E-state index contributed by atoms with van der Waals surface area (Å²) in [4.78, 5) is 6.54. The van der Waals surface area contributed by atoms with Gasteiger partial charge in [0.2, 0.25) is 0 Å². The molecule has 0 aliphatic heterocycles. The fourth-order valence-electron chi connectivity index (χ4n) is 1.74. The largest absolute Gasteiger partial charge is 0.392 e. The van der Waals surface area contributed by atoms with Gasteiger partial charge in [-0.3, -0.25) is 0 Å². The first-order chi connectivity index (χ1) is 7.26. The summed E-state index contributed by atoms with van der Waals surface area (Å²) in [6.07, 6.45) is 4.15. The predicted octanol–water partition coefficient (Wildman–Crippen LogP) is 2.22. The zero-order chi connectivity index (χ0) is 10.8. The molecule has 0 radical (unpaired) electrons. The van der Waals surface area contributed by atoms with E-state index in [4.69, 9.17) is 16.7 Å². The minimum atomic E-state index is -0.0114. The minimum Gasteiger partial charge on any atom is -0.392 e. The number of anilines is 1. The van der Waals surface area contributed by atoms with Gasteiger partial charge >= 0.3 is 0 Å². The fourth-order valence-corrected chi connectivity index (χ4v) is 2.03. The van der Waals surface area contributed by atoms with Crippen molar-refractivity contribution in [1.29, 1.82) is 0 Å². The maximum Gasteiger partial charge on any atom is 0.147 e. The number of hydrogen-bond donors (Lipinski definition) is 1. The lowest BCUT2D eigenvalue weighted by atomic mass is 10.3. The van der Waals surface area contributed by atoms with E-state index in [0.29, 0.717) is 11.1 Å². The molecule has 4 heteroatoms. The van der Waals surface area contributed by atoms with E-state index < -0.39 is 0 Å². The van der Waals surface area contributed by atoms with Gasteiger partial charge in [-0.25, -0.2) is 4.98 Å². The van der Waals surface area contributed by atoms with Crippen LogP contribution in [0.25, 0.3) is 0 Å².